The summed E-state index contributed by atoms with van der Waals surface area (Å²) in [6.45, 7) is 9.08. The summed E-state index contributed by atoms with van der Waals surface area (Å²) in [6.07, 6.45) is 2.07. The van der Waals surface area contributed by atoms with Crippen molar-refractivity contribution in [1.29, 1.82) is 0 Å². The van der Waals surface area contributed by atoms with Crippen LogP contribution in [0, 0.1) is 25.2 Å². The van der Waals surface area contributed by atoms with Crippen molar-refractivity contribution in [1.82, 2.24) is 10.2 Å². The third kappa shape index (κ3) is 4.37. The molecule has 0 radical (unpaired) electrons. The van der Waals surface area contributed by atoms with E-state index in [-0.39, 0.29) is 23.0 Å². The smallest absolute Gasteiger partial charge is 0.326 e. The molecule has 8 heteroatoms. The molecule has 1 spiro atoms. The van der Waals surface area contributed by atoms with Crippen LogP contribution in [0.25, 0.3) is 0 Å². The molecule has 1 aromatic heterocycles. The molecule has 1 saturated carbocycles. The molecule has 2 atom stereocenters. The molecule has 1 saturated heterocycles. The number of carbonyl (C=O) groups is 4. The first-order valence-corrected chi connectivity index (χ1v) is 10.6. The van der Waals surface area contributed by atoms with Crippen molar-refractivity contribution in [2.45, 2.75) is 59.4 Å². The third-order valence-electron chi connectivity index (χ3n) is 5.62. The SMILES string of the molecule is Cc1cc(C(=O)COC(=O)CN2C(=O)N[C@@]3(C[C@@H](C)CC(C)(C)C3)C2=O)c(C)s1. The Hall–Kier alpha value is -2.22. The molecule has 1 aliphatic carbocycles. The van der Waals surface area contributed by atoms with Gasteiger partial charge in [0.2, 0.25) is 5.78 Å². The van der Waals surface area contributed by atoms with E-state index in [1.165, 1.54) is 11.3 Å². The highest BCUT2D eigenvalue weighted by molar-refractivity contribution is 7.12. The quantitative estimate of drug-likeness (QED) is 0.448. The number of hydrogen-bond acceptors (Lipinski definition) is 6. The van der Waals surface area contributed by atoms with Gasteiger partial charge in [0.1, 0.15) is 12.1 Å². The van der Waals surface area contributed by atoms with Crippen LogP contribution >= 0.6 is 11.3 Å². The Balaban J connectivity index is 1.62. The molecule has 158 valence electrons. The molecule has 2 heterocycles. The highest BCUT2D eigenvalue weighted by Crippen LogP contribution is 2.46. The topological polar surface area (TPSA) is 92.8 Å². The predicted molar refractivity (Wildman–Crippen MR) is 109 cm³/mol. The van der Waals surface area contributed by atoms with Crippen LogP contribution in [0.2, 0.25) is 0 Å². The van der Waals surface area contributed by atoms with Crippen molar-refractivity contribution in [3.05, 3.63) is 21.4 Å². The Morgan fingerprint density at radius 3 is 2.55 bits per heavy atom. The number of thiophene rings is 1. The molecular weight excluding hydrogens is 392 g/mol. The summed E-state index contributed by atoms with van der Waals surface area (Å²) in [5.41, 5.74) is -0.507. The van der Waals surface area contributed by atoms with E-state index in [1.807, 2.05) is 13.8 Å². The number of ketones is 1. The number of rotatable bonds is 5. The maximum absolute atomic E-state index is 13.0. The van der Waals surface area contributed by atoms with E-state index < -0.39 is 30.7 Å². The summed E-state index contributed by atoms with van der Waals surface area (Å²) in [4.78, 5) is 52.8. The molecular formula is C21H28N2O5S. The second-order valence-electron chi connectivity index (χ2n) is 9.17. The van der Waals surface area contributed by atoms with Crippen LogP contribution in [0.3, 0.4) is 0 Å². The van der Waals surface area contributed by atoms with E-state index in [2.05, 4.69) is 26.1 Å². The number of esters is 1. The monoisotopic (exact) mass is 420 g/mol. The molecule has 0 aromatic carbocycles. The van der Waals surface area contributed by atoms with Crippen molar-refractivity contribution < 1.29 is 23.9 Å². The van der Waals surface area contributed by atoms with Gasteiger partial charge >= 0.3 is 12.0 Å². The average molecular weight is 421 g/mol. The Morgan fingerprint density at radius 1 is 1.28 bits per heavy atom. The Bertz CT molecular complexity index is 874. The molecule has 3 rings (SSSR count). The molecule has 7 nitrogen and oxygen atoms in total. The fourth-order valence-corrected chi connectivity index (χ4v) is 5.90. The fourth-order valence-electron chi connectivity index (χ4n) is 4.96. The minimum atomic E-state index is -0.959. The first kappa shape index (κ1) is 21.5. The summed E-state index contributed by atoms with van der Waals surface area (Å²) in [5, 5.41) is 2.83. The summed E-state index contributed by atoms with van der Waals surface area (Å²) in [6, 6.07) is 1.19. The molecule has 1 aromatic rings. The van der Waals surface area contributed by atoms with Gasteiger partial charge in [0.05, 0.1) is 0 Å². The molecule has 0 bridgehead atoms. The second kappa shape index (κ2) is 7.55. The molecule has 29 heavy (non-hydrogen) atoms. The standard InChI is InChI=1S/C21H28N2O5S/c1-12-7-20(4,5)11-21(8-12)18(26)23(19(27)22-21)9-17(25)28-10-16(24)15-6-13(2)29-14(15)3/h6,12H,7-11H2,1-5H3,(H,22,27)/t12-,21+/m0/s1. The van der Waals surface area contributed by atoms with E-state index in [9.17, 15) is 19.2 Å². The molecule has 2 aliphatic rings. The van der Waals surface area contributed by atoms with Gasteiger partial charge in [0, 0.05) is 15.3 Å². The Labute approximate surface area is 174 Å². The minimum Gasteiger partial charge on any atom is -0.456 e. The average Bonchev–Trinajstić information content (AvgIpc) is 3.02. The number of imide groups is 1. The van der Waals surface area contributed by atoms with Gasteiger partial charge in [-0.15, -0.1) is 11.3 Å². The molecule has 1 aliphatic heterocycles. The third-order valence-corrected chi connectivity index (χ3v) is 6.58. The van der Waals surface area contributed by atoms with Crippen LogP contribution in [0.15, 0.2) is 6.07 Å². The lowest BCUT2D eigenvalue weighted by molar-refractivity contribution is -0.147. The van der Waals surface area contributed by atoms with Crippen molar-refractivity contribution in [2.75, 3.05) is 13.2 Å². The van der Waals surface area contributed by atoms with Crippen LogP contribution < -0.4 is 5.32 Å². The van der Waals surface area contributed by atoms with E-state index >= 15 is 0 Å². The predicted octanol–water partition coefficient (Wildman–Crippen LogP) is 3.23. The molecule has 2 fully saturated rings. The van der Waals surface area contributed by atoms with Gasteiger partial charge in [0.15, 0.2) is 6.61 Å². The van der Waals surface area contributed by atoms with Crippen LogP contribution in [0.5, 0.6) is 0 Å². The van der Waals surface area contributed by atoms with Gasteiger partial charge in [-0.2, -0.15) is 0 Å². The zero-order chi connectivity index (χ0) is 21.6. The largest absolute Gasteiger partial charge is 0.456 e. The number of aryl methyl sites for hydroxylation is 2. The summed E-state index contributed by atoms with van der Waals surface area (Å²) < 4.78 is 5.06. The number of nitrogens with one attached hydrogen (secondary N) is 1. The number of ether oxygens (including phenoxy) is 1. The summed E-state index contributed by atoms with van der Waals surface area (Å²) >= 11 is 1.50. The maximum atomic E-state index is 13.0. The fraction of sp³-hybridized carbons (Fsp3) is 0.619. The number of amides is 3. The zero-order valence-electron chi connectivity index (χ0n) is 17.6. The van der Waals surface area contributed by atoms with Crippen LogP contribution in [0.4, 0.5) is 4.79 Å². The lowest BCUT2D eigenvalue weighted by Gasteiger charge is -2.43. The van der Waals surface area contributed by atoms with Gasteiger partial charge < -0.3 is 10.1 Å². The number of carbonyl (C=O) groups excluding carboxylic acids is 4. The normalized spacial score (nSPS) is 26.0. The van der Waals surface area contributed by atoms with E-state index in [4.69, 9.17) is 4.74 Å². The Morgan fingerprint density at radius 2 is 1.97 bits per heavy atom. The highest BCUT2D eigenvalue weighted by Gasteiger charge is 2.56. The minimum absolute atomic E-state index is 0.0833. The number of Topliss-reactive ketones (excluding diaryl/α,β-unsaturated/α-hetero) is 1. The zero-order valence-corrected chi connectivity index (χ0v) is 18.4. The number of urea groups is 1. The van der Waals surface area contributed by atoms with E-state index in [0.29, 0.717) is 18.4 Å². The maximum Gasteiger partial charge on any atom is 0.326 e. The summed E-state index contributed by atoms with van der Waals surface area (Å²) in [5.74, 6) is -1.16. The van der Waals surface area contributed by atoms with Crippen molar-refractivity contribution in [3.8, 4) is 0 Å². The van der Waals surface area contributed by atoms with Crippen molar-refractivity contribution >= 4 is 35.0 Å². The summed E-state index contributed by atoms with van der Waals surface area (Å²) in [7, 11) is 0. The number of nitrogens with zero attached hydrogens (tertiary/aromatic N) is 1. The lowest BCUT2D eigenvalue weighted by atomic mass is 9.64. The molecule has 0 unspecified atom stereocenters. The van der Waals surface area contributed by atoms with Gasteiger partial charge in [0.25, 0.3) is 5.91 Å². The van der Waals surface area contributed by atoms with Gasteiger partial charge in [-0.05, 0) is 50.5 Å². The lowest BCUT2D eigenvalue weighted by Crippen LogP contribution is -2.54. The van der Waals surface area contributed by atoms with E-state index in [0.717, 1.165) is 21.1 Å². The second-order valence-corrected chi connectivity index (χ2v) is 10.6. The first-order chi connectivity index (χ1) is 13.4. The van der Waals surface area contributed by atoms with E-state index in [1.54, 1.807) is 6.07 Å². The van der Waals surface area contributed by atoms with Crippen LogP contribution in [-0.4, -0.2) is 47.3 Å². The highest BCUT2D eigenvalue weighted by atomic mass is 32.1. The Kier molecular flexibility index (Phi) is 5.60. The van der Waals surface area contributed by atoms with Crippen molar-refractivity contribution in [3.63, 3.8) is 0 Å². The molecule has 1 N–H and O–H groups in total. The number of hydrogen-bond donors (Lipinski definition) is 1. The van der Waals surface area contributed by atoms with Crippen LogP contribution in [0.1, 0.15) is 60.1 Å². The van der Waals surface area contributed by atoms with Crippen LogP contribution in [-0.2, 0) is 14.3 Å². The first-order valence-electron chi connectivity index (χ1n) is 9.82. The van der Waals surface area contributed by atoms with Gasteiger partial charge in [-0.25, -0.2) is 4.79 Å². The van der Waals surface area contributed by atoms with Gasteiger partial charge in [-0.3, -0.25) is 19.3 Å². The van der Waals surface area contributed by atoms with Crippen molar-refractivity contribution in [2.24, 2.45) is 11.3 Å². The van der Waals surface area contributed by atoms with Gasteiger partial charge in [-0.1, -0.05) is 20.8 Å². The molecule has 3 amide bonds.